The second kappa shape index (κ2) is 9.76. The van der Waals surface area contributed by atoms with E-state index in [-0.39, 0.29) is 5.56 Å². The Balaban J connectivity index is 2.22. The highest BCUT2D eigenvalue weighted by molar-refractivity contribution is 5.11. The minimum Gasteiger partial charge on any atom is -0.388 e. The summed E-state index contributed by atoms with van der Waals surface area (Å²) in [7, 11) is 0. The summed E-state index contributed by atoms with van der Waals surface area (Å²) in [6, 6.07) is 3.47. The predicted octanol–water partition coefficient (Wildman–Crippen LogP) is 4.19. The van der Waals surface area contributed by atoms with Gasteiger partial charge >= 0.3 is 0 Å². The van der Waals surface area contributed by atoms with Gasteiger partial charge < -0.3 is 10.1 Å². The molecule has 0 saturated carbocycles. The van der Waals surface area contributed by atoms with E-state index in [9.17, 15) is 9.90 Å². The van der Waals surface area contributed by atoms with Gasteiger partial charge in [-0.2, -0.15) is 0 Å². The number of aliphatic hydroxyl groups is 1. The van der Waals surface area contributed by atoms with Gasteiger partial charge in [-0.25, -0.2) is 0 Å². The number of H-pyrrole nitrogens is 1. The van der Waals surface area contributed by atoms with E-state index < -0.39 is 6.10 Å². The van der Waals surface area contributed by atoms with E-state index >= 15 is 0 Å². The maximum absolute atomic E-state index is 11.6. The molecule has 3 heteroatoms. The van der Waals surface area contributed by atoms with Crippen LogP contribution in [-0.2, 0) is 0 Å². The third-order valence-electron chi connectivity index (χ3n) is 3.94. The van der Waals surface area contributed by atoms with Crippen LogP contribution >= 0.6 is 0 Å². The Kier molecular flexibility index (Phi) is 8.28. The quantitative estimate of drug-likeness (QED) is 0.631. The first kappa shape index (κ1) is 17.0. The molecule has 2 atom stereocenters. The number of rotatable bonds is 10. The van der Waals surface area contributed by atoms with E-state index in [1.165, 1.54) is 38.5 Å². The van der Waals surface area contributed by atoms with Crippen LogP contribution < -0.4 is 5.56 Å². The molecule has 2 unspecified atom stereocenters. The lowest BCUT2D eigenvalue weighted by Crippen LogP contribution is -2.15. The molecular formula is C17H29NO2. The maximum Gasteiger partial charge on any atom is 0.253 e. The number of unbranched alkanes of at least 4 members (excludes halogenated alkanes) is 4. The van der Waals surface area contributed by atoms with Gasteiger partial charge in [-0.05, 0) is 30.9 Å². The highest BCUT2D eigenvalue weighted by Crippen LogP contribution is 2.21. The van der Waals surface area contributed by atoms with Crippen molar-refractivity contribution in [2.24, 2.45) is 5.92 Å². The molecule has 0 amide bonds. The molecule has 3 nitrogen and oxygen atoms in total. The SMILES string of the molecule is CCCCCCCC(C)CCC(O)c1ccc[nH]c1=O. The Morgan fingerprint density at radius 2 is 1.90 bits per heavy atom. The van der Waals surface area contributed by atoms with Gasteiger partial charge in [0.2, 0.25) is 0 Å². The molecule has 0 bridgehead atoms. The summed E-state index contributed by atoms with van der Waals surface area (Å²) < 4.78 is 0. The lowest BCUT2D eigenvalue weighted by atomic mass is 9.94. The number of pyridine rings is 1. The normalized spacial score (nSPS) is 14.2. The van der Waals surface area contributed by atoms with E-state index in [1.807, 2.05) is 0 Å². The van der Waals surface area contributed by atoms with E-state index in [0.29, 0.717) is 17.9 Å². The second-order valence-corrected chi connectivity index (χ2v) is 5.86. The van der Waals surface area contributed by atoms with Crippen LogP contribution in [0, 0.1) is 5.92 Å². The Hall–Kier alpha value is -1.09. The summed E-state index contributed by atoms with van der Waals surface area (Å²) in [6.07, 6.45) is 10.4. The molecule has 0 aliphatic rings. The number of hydrogen-bond acceptors (Lipinski definition) is 2. The number of aromatic amines is 1. The first-order valence-electron chi connectivity index (χ1n) is 8.00. The lowest BCUT2D eigenvalue weighted by Gasteiger charge is -2.14. The molecule has 1 rings (SSSR count). The molecule has 0 spiro atoms. The number of nitrogens with one attached hydrogen (secondary N) is 1. The van der Waals surface area contributed by atoms with Crippen LogP contribution in [0.1, 0.15) is 76.9 Å². The zero-order valence-electron chi connectivity index (χ0n) is 12.9. The van der Waals surface area contributed by atoms with Crippen LogP contribution in [-0.4, -0.2) is 10.1 Å². The van der Waals surface area contributed by atoms with Gasteiger partial charge in [0.05, 0.1) is 6.10 Å². The van der Waals surface area contributed by atoms with Crippen molar-refractivity contribution in [1.29, 1.82) is 0 Å². The molecule has 2 N–H and O–H groups in total. The minimum absolute atomic E-state index is 0.174. The number of aliphatic hydroxyl groups excluding tert-OH is 1. The Labute approximate surface area is 122 Å². The first-order chi connectivity index (χ1) is 9.65. The van der Waals surface area contributed by atoms with Gasteiger partial charge in [-0.1, -0.05) is 52.4 Å². The summed E-state index contributed by atoms with van der Waals surface area (Å²) in [5.41, 5.74) is 0.315. The third-order valence-corrected chi connectivity index (χ3v) is 3.94. The summed E-state index contributed by atoms with van der Waals surface area (Å²) in [5, 5.41) is 10.1. The van der Waals surface area contributed by atoms with Crippen LogP contribution in [0.3, 0.4) is 0 Å². The van der Waals surface area contributed by atoms with Crippen molar-refractivity contribution in [3.63, 3.8) is 0 Å². The number of hydrogen-bond donors (Lipinski definition) is 2. The van der Waals surface area contributed by atoms with Gasteiger partial charge in [-0.3, -0.25) is 4.79 Å². The molecule has 0 aliphatic carbocycles. The Morgan fingerprint density at radius 3 is 2.60 bits per heavy atom. The fraction of sp³-hybridized carbons (Fsp3) is 0.706. The predicted molar refractivity (Wildman–Crippen MR) is 83.8 cm³/mol. The van der Waals surface area contributed by atoms with E-state index in [4.69, 9.17) is 0 Å². The number of aromatic nitrogens is 1. The van der Waals surface area contributed by atoms with E-state index in [1.54, 1.807) is 18.3 Å². The van der Waals surface area contributed by atoms with E-state index in [0.717, 1.165) is 6.42 Å². The summed E-state index contributed by atoms with van der Waals surface area (Å²) in [6.45, 7) is 4.47. The molecule has 1 aromatic rings. The van der Waals surface area contributed by atoms with Gasteiger partial charge in [-0.15, -0.1) is 0 Å². The fourth-order valence-corrected chi connectivity index (χ4v) is 2.54. The van der Waals surface area contributed by atoms with Crippen LogP contribution in [0.25, 0.3) is 0 Å². The molecule has 114 valence electrons. The summed E-state index contributed by atoms with van der Waals surface area (Å²) in [4.78, 5) is 14.2. The van der Waals surface area contributed by atoms with Crippen molar-refractivity contribution in [1.82, 2.24) is 4.98 Å². The van der Waals surface area contributed by atoms with Crippen molar-refractivity contribution in [3.05, 3.63) is 34.2 Å². The molecule has 20 heavy (non-hydrogen) atoms. The second-order valence-electron chi connectivity index (χ2n) is 5.86. The first-order valence-corrected chi connectivity index (χ1v) is 8.00. The summed E-state index contributed by atoms with van der Waals surface area (Å²) in [5.74, 6) is 0.620. The third kappa shape index (κ3) is 6.38. The monoisotopic (exact) mass is 279 g/mol. The van der Waals surface area contributed by atoms with Gasteiger partial charge in [0.15, 0.2) is 0 Å². The van der Waals surface area contributed by atoms with Crippen molar-refractivity contribution < 1.29 is 5.11 Å². The topological polar surface area (TPSA) is 53.1 Å². The van der Waals surface area contributed by atoms with Crippen LogP contribution in [0.15, 0.2) is 23.1 Å². The standard InChI is InChI=1S/C17H29NO2/c1-3-4-5-6-7-9-14(2)11-12-16(19)15-10-8-13-18-17(15)20/h8,10,13-14,16,19H,3-7,9,11-12H2,1-2H3,(H,18,20). The van der Waals surface area contributed by atoms with Crippen molar-refractivity contribution >= 4 is 0 Å². The van der Waals surface area contributed by atoms with Crippen LogP contribution in [0.2, 0.25) is 0 Å². The minimum atomic E-state index is -0.637. The smallest absolute Gasteiger partial charge is 0.253 e. The molecular weight excluding hydrogens is 250 g/mol. The van der Waals surface area contributed by atoms with Crippen LogP contribution in [0.4, 0.5) is 0 Å². The fourth-order valence-electron chi connectivity index (χ4n) is 2.54. The van der Waals surface area contributed by atoms with Crippen molar-refractivity contribution in [3.8, 4) is 0 Å². The van der Waals surface area contributed by atoms with Gasteiger partial charge in [0.25, 0.3) is 5.56 Å². The van der Waals surface area contributed by atoms with Crippen LogP contribution in [0.5, 0.6) is 0 Å². The summed E-state index contributed by atoms with van der Waals surface area (Å²) >= 11 is 0. The lowest BCUT2D eigenvalue weighted by molar-refractivity contribution is 0.155. The average molecular weight is 279 g/mol. The molecule has 0 fully saturated rings. The van der Waals surface area contributed by atoms with E-state index in [2.05, 4.69) is 18.8 Å². The molecule has 1 aromatic heterocycles. The molecule has 0 aromatic carbocycles. The van der Waals surface area contributed by atoms with Crippen molar-refractivity contribution in [2.45, 2.75) is 71.3 Å². The van der Waals surface area contributed by atoms with Gasteiger partial charge in [0, 0.05) is 11.8 Å². The highest BCUT2D eigenvalue weighted by atomic mass is 16.3. The Morgan fingerprint density at radius 1 is 1.15 bits per heavy atom. The molecule has 0 aliphatic heterocycles. The highest BCUT2D eigenvalue weighted by Gasteiger charge is 2.12. The Bertz CT molecular complexity index is 413. The molecule has 0 saturated heterocycles. The largest absolute Gasteiger partial charge is 0.388 e. The average Bonchev–Trinajstić information content (AvgIpc) is 2.45. The zero-order chi connectivity index (χ0) is 14.8. The zero-order valence-corrected chi connectivity index (χ0v) is 12.9. The molecule has 0 radical (unpaired) electrons. The maximum atomic E-state index is 11.6. The van der Waals surface area contributed by atoms with Gasteiger partial charge in [0.1, 0.15) is 0 Å². The van der Waals surface area contributed by atoms with Crippen molar-refractivity contribution in [2.75, 3.05) is 0 Å². The molecule has 1 heterocycles.